The van der Waals surface area contributed by atoms with Gasteiger partial charge >= 0.3 is 5.97 Å². The lowest BCUT2D eigenvalue weighted by Gasteiger charge is -2.05. The molecule has 26 heavy (non-hydrogen) atoms. The number of carbonyl (C=O) groups excluding carboxylic acids is 2. The number of anilines is 1. The van der Waals surface area contributed by atoms with Crippen molar-refractivity contribution in [2.45, 2.75) is 0 Å². The van der Waals surface area contributed by atoms with Gasteiger partial charge in [-0.1, -0.05) is 23.7 Å². The van der Waals surface area contributed by atoms with Crippen molar-refractivity contribution >= 4 is 58.0 Å². The van der Waals surface area contributed by atoms with Gasteiger partial charge < -0.3 is 10.1 Å². The van der Waals surface area contributed by atoms with E-state index in [9.17, 15) is 14.0 Å². The first-order chi connectivity index (χ1) is 12.5. The van der Waals surface area contributed by atoms with Crippen LogP contribution in [-0.2, 0) is 14.3 Å². The zero-order chi connectivity index (χ0) is 18.5. The molecule has 9 heteroatoms. The molecule has 3 rings (SSSR count). The Morgan fingerprint density at radius 1 is 1.23 bits per heavy atom. The molecule has 1 N–H and O–H groups in total. The molecule has 0 atom stereocenters. The molecule has 2 aromatic carbocycles. The molecule has 1 aromatic heterocycles. The average molecular weight is 392 g/mol. The Morgan fingerprint density at radius 2 is 2.04 bits per heavy atom. The zero-order valence-corrected chi connectivity index (χ0v) is 14.7. The predicted octanol–water partition coefficient (Wildman–Crippen LogP) is 3.68. The Kier molecular flexibility index (Phi) is 5.55. The number of nitrogens with zero attached hydrogens (tertiary/aromatic N) is 2. The van der Waals surface area contributed by atoms with E-state index < -0.39 is 24.3 Å². The minimum atomic E-state index is -0.798. The Morgan fingerprint density at radius 3 is 2.85 bits per heavy atom. The highest BCUT2D eigenvalue weighted by atomic mass is 35.5. The topological polar surface area (TPSA) is 81.2 Å². The zero-order valence-electron chi connectivity index (χ0n) is 13.1. The second-order valence-electron chi connectivity index (χ2n) is 5.06. The van der Waals surface area contributed by atoms with E-state index in [0.717, 1.165) is 17.8 Å². The number of nitrogens with one attached hydrogen (secondary N) is 1. The lowest BCUT2D eigenvalue weighted by Crippen LogP contribution is -2.20. The van der Waals surface area contributed by atoms with Gasteiger partial charge in [-0.3, -0.25) is 4.79 Å². The summed E-state index contributed by atoms with van der Waals surface area (Å²) in [6.45, 7) is -0.498. The molecule has 6 nitrogen and oxygen atoms in total. The van der Waals surface area contributed by atoms with Crippen molar-refractivity contribution in [2.24, 2.45) is 0 Å². The van der Waals surface area contributed by atoms with Gasteiger partial charge in [0, 0.05) is 11.6 Å². The first kappa shape index (κ1) is 18.0. The summed E-state index contributed by atoms with van der Waals surface area (Å²) in [4.78, 5) is 23.6. The highest BCUT2D eigenvalue weighted by Gasteiger charge is 2.10. The minimum Gasteiger partial charge on any atom is -0.452 e. The fourth-order valence-electron chi connectivity index (χ4n) is 2.10. The smallest absolute Gasteiger partial charge is 0.331 e. The number of esters is 1. The van der Waals surface area contributed by atoms with Crippen LogP contribution >= 0.6 is 23.3 Å². The fraction of sp³-hybridized carbons (Fsp3) is 0.0588. The third kappa shape index (κ3) is 4.22. The van der Waals surface area contributed by atoms with E-state index in [1.165, 1.54) is 24.3 Å². The van der Waals surface area contributed by atoms with Gasteiger partial charge in [-0.15, -0.1) is 0 Å². The maximum atomic E-state index is 13.6. The van der Waals surface area contributed by atoms with E-state index >= 15 is 0 Å². The summed E-state index contributed by atoms with van der Waals surface area (Å²) in [5.74, 6) is -1.89. The van der Waals surface area contributed by atoms with Gasteiger partial charge in [0.15, 0.2) is 6.61 Å². The summed E-state index contributed by atoms with van der Waals surface area (Å²) in [5, 5.41) is 2.76. The highest BCUT2D eigenvalue weighted by Crippen LogP contribution is 2.21. The first-order valence-corrected chi connectivity index (χ1v) is 8.45. The molecule has 0 bridgehead atoms. The van der Waals surface area contributed by atoms with Gasteiger partial charge in [0.2, 0.25) is 0 Å². The second-order valence-corrected chi connectivity index (χ2v) is 6.00. The molecule has 0 radical (unpaired) electrons. The van der Waals surface area contributed by atoms with Crippen molar-refractivity contribution in [1.29, 1.82) is 0 Å². The van der Waals surface area contributed by atoms with Crippen LogP contribution in [0.1, 0.15) is 5.56 Å². The molecule has 0 saturated carbocycles. The van der Waals surface area contributed by atoms with Gasteiger partial charge in [0.05, 0.1) is 22.4 Å². The standard InChI is InChI=1S/C17H11ClFN3O3S/c18-11-3-1-4-12(19)10(11)7-8-16(24)25-9-15(23)20-13-5-2-6-14-17(13)22-26-21-14/h1-8H,9H2,(H,20,23)/b8-7+. The Balaban J connectivity index is 1.57. The summed E-state index contributed by atoms with van der Waals surface area (Å²) in [7, 11) is 0. The molecule has 1 amide bonds. The molecule has 0 aliphatic rings. The lowest BCUT2D eigenvalue weighted by molar-refractivity contribution is -0.142. The van der Waals surface area contributed by atoms with E-state index in [-0.39, 0.29) is 10.6 Å². The van der Waals surface area contributed by atoms with Crippen LogP contribution in [-0.4, -0.2) is 27.2 Å². The van der Waals surface area contributed by atoms with Crippen LogP contribution in [0.5, 0.6) is 0 Å². The molecule has 3 aromatic rings. The Labute approximate surface area is 156 Å². The summed E-state index contributed by atoms with van der Waals surface area (Å²) < 4.78 is 26.6. The lowest BCUT2D eigenvalue weighted by atomic mass is 10.2. The first-order valence-electron chi connectivity index (χ1n) is 7.34. The van der Waals surface area contributed by atoms with Gasteiger partial charge in [0.25, 0.3) is 5.91 Å². The van der Waals surface area contributed by atoms with Crippen molar-refractivity contribution in [3.8, 4) is 0 Å². The van der Waals surface area contributed by atoms with Crippen LogP contribution in [0, 0.1) is 5.82 Å². The molecule has 0 aliphatic carbocycles. The maximum absolute atomic E-state index is 13.6. The van der Waals surface area contributed by atoms with Crippen LogP contribution < -0.4 is 5.32 Å². The number of benzene rings is 2. The molecule has 0 aliphatic heterocycles. The number of amides is 1. The second kappa shape index (κ2) is 8.03. The predicted molar refractivity (Wildman–Crippen MR) is 97.4 cm³/mol. The summed E-state index contributed by atoms with van der Waals surface area (Å²) >= 11 is 6.88. The summed E-state index contributed by atoms with van der Waals surface area (Å²) in [5.41, 5.74) is 1.77. The monoisotopic (exact) mass is 391 g/mol. The van der Waals surface area contributed by atoms with Crippen molar-refractivity contribution in [1.82, 2.24) is 8.75 Å². The largest absolute Gasteiger partial charge is 0.452 e. The third-order valence-electron chi connectivity index (χ3n) is 3.29. The summed E-state index contributed by atoms with van der Waals surface area (Å²) in [6.07, 6.45) is 2.20. The quantitative estimate of drug-likeness (QED) is 0.530. The SMILES string of the molecule is O=C(COC(=O)/C=C/c1c(F)cccc1Cl)Nc1cccc2nsnc12. The number of fused-ring (bicyclic) bond motifs is 1. The fourth-order valence-corrected chi connectivity index (χ4v) is 2.88. The van der Waals surface area contributed by atoms with Gasteiger partial charge in [-0.2, -0.15) is 8.75 Å². The van der Waals surface area contributed by atoms with Crippen LogP contribution in [0.25, 0.3) is 17.1 Å². The molecule has 0 saturated heterocycles. The number of ether oxygens (including phenoxy) is 1. The van der Waals surface area contributed by atoms with Crippen LogP contribution in [0.15, 0.2) is 42.5 Å². The minimum absolute atomic E-state index is 0.0679. The van der Waals surface area contributed by atoms with Crippen LogP contribution in [0.3, 0.4) is 0 Å². The number of aromatic nitrogens is 2. The normalized spacial score (nSPS) is 11.0. The number of carbonyl (C=O) groups is 2. The molecule has 0 unspecified atom stereocenters. The number of hydrogen-bond donors (Lipinski definition) is 1. The van der Waals surface area contributed by atoms with E-state index in [0.29, 0.717) is 16.7 Å². The van der Waals surface area contributed by atoms with Crippen LogP contribution in [0.2, 0.25) is 5.02 Å². The van der Waals surface area contributed by atoms with Gasteiger partial charge in [-0.25, -0.2) is 9.18 Å². The van der Waals surface area contributed by atoms with E-state index in [2.05, 4.69) is 14.1 Å². The van der Waals surface area contributed by atoms with Crippen LogP contribution in [0.4, 0.5) is 10.1 Å². The Bertz CT molecular complexity index is 986. The van der Waals surface area contributed by atoms with Crippen molar-refractivity contribution in [3.05, 3.63) is 58.9 Å². The highest BCUT2D eigenvalue weighted by molar-refractivity contribution is 7.00. The molecule has 0 spiro atoms. The average Bonchev–Trinajstić information content (AvgIpc) is 3.09. The maximum Gasteiger partial charge on any atom is 0.331 e. The molecule has 1 heterocycles. The van der Waals surface area contributed by atoms with Crippen molar-refractivity contribution in [3.63, 3.8) is 0 Å². The van der Waals surface area contributed by atoms with Gasteiger partial charge in [0.1, 0.15) is 16.9 Å². The number of rotatable bonds is 5. The summed E-state index contributed by atoms with van der Waals surface area (Å²) in [6, 6.07) is 9.34. The van der Waals surface area contributed by atoms with Gasteiger partial charge in [-0.05, 0) is 30.3 Å². The number of hydrogen-bond acceptors (Lipinski definition) is 6. The van der Waals surface area contributed by atoms with E-state index in [1.807, 2.05) is 0 Å². The Hall–Kier alpha value is -2.84. The molecule has 0 fully saturated rings. The number of halogens is 2. The molecular weight excluding hydrogens is 381 g/mol. The molecule has 132 valence electrons. The van der Waals surface area contributed by atoms with E-state index in [1.54, 1.807) is 18.2 Å². The molecular formula is C17H11ClFN3O3S. The van der Waals surface area contributed by atoms with Crippen molar-refractivity contribution < 1.29 is 18.7 Å². The third-order valence-corrected chi connectivity index (χ3v) is 4.16. The van der Waals surface area contributed by atoms with E-state index in [4.69, 9.17) is 16.3 Å². The van der Waals surface area contributed by atoms with Crippen molar-refractivity contribution in [2.75, 3.05) is 11.9 Å².